The molecule has 1 amide bonds. The fourth-order valence-corrected chi connectivity index (χ4v) is 1.98. The van der Waals surface area contributed by atoms with Gasteiger partial charge in [-0.25, -0.2) is 0 Å². The Morgan fingerprint density at radius 3 is 2.50 bits per heavy atom. The van der Waals surface area contributed by atoms with Crippen molar-refractivity contribution in [3.05, 3.63) is 35.0 Å². The summed E-state index contributed by atoms with van der Waals surface area (Å²) >= 11 is 6.00. The average Bonchev–Trinajstić information content (AvgIpc) is 2.29. The summed E-state index contributed by atoms with van der Waals surface area (Å²) in [5.74, 6) is 0.780. The highest BCUT2D eigenvalue weighted by molar-refractivity contribution is 6.33. The van der Waals surface area contributed by atoms with Crippen molar-refractivity contribution >= 4 is 23.1 Å². The van der Waals surface area contributed by atoms with Crippen LogP contribution in [0, 0.1) is 0 Å². The lowest BCUT2D eigenvalue weighted by atomic mass is 10.00. The summed E-state index contributed by atoms with van der Waals surface area (Å²) in [5, 5.41) is 3.06. The van der Waals surface area contributed by atoms with E-state index in [1.165, 1.54) is 0 Å². The molecule has 84 valence electrons. The molecule has 0 spiro atoms. The molecule has 16 heavy (non-hydrogen) atoms. The normalized spacial score (nSPS) is 16.0. The molecule has 1 aromatic carbocycles. The maximum atomic E-state index is 11.1. The van der Waals surface area contributed by atoms with Crippen LogP contribution in [-0.2, 0) is 4.79 Å². The monoisotopic (exact) mass is 237 g/mol. The Morgan fingerprint density at radius 2 is 1.94 bits per heavy atom. The largest absolute Gasteiger partial charge is 0.497 e. The van der Waals surface area contributed by atoms with E-state index in [1.807, 2.05) is 24.3 Å². The van der Waals surface area contributed by atoms with Gasteiger partial charge in [0.1, 0.15) is 10.9 Å². The quantitative estimate of drug-likeness (QED) is 0.803. The molecule has 0 bridgehead atoms. The number of nitrogens with one attached hydrogen (secondary N) is 1. The van der Waals surface area contributed by atoms with E-state index < -0.39 is 0 Å². The van der Waals surface area contributed by atoms with Gasteiger partial charge in [-0.2, -0.15) is 0 Å². The molecule has 0 aliphatic carbocycles. The van der Waals surface area contributed by atoms with Crippen LogP contribution in [0.3, 0.4) is 0 Å². The van der Waals surface area contributed by atoms with E-state index in [-0.39, 0.29) is 5.91 Å². The molecule has 0 saturated heterocycles. The number of allylic oxidation sites excluding steroid dienone is 1. The molecule has 1 aromatic rings. The minimum absolute atomic E-state index is 0.0257. The molecule has 0 aromatic heterocycles. The van der Waals surface area contributed by atoms with E-state index in [2.05, 4.69) is 5.32 Å². The first kappa shape index (κ1) is 11.0. The van der Waals surface area contributed by atoms with Gasteiger partial charge in [-0.15, -0.1) is 0 Å². The molecule has 1 N–H and O–H groups in total. The van der Waals surface area contributed by atoms with Crippen LogP contribution < -0.4 is 10.1 Å². The van der Waals surface area contributed by atoms with E-state index in [0.29, 0.717) is 18.0 Å². The third kappa shape index (κ3) is 2.19. The Kier molecular flexibility index (Phi) is 3.15. The number of methoxy groups -OCH3 is 1. The molecule has 1 aliphatic rings. The van der Waals surface area contributed by atoms with E-state index in [4.69, 9.17) is 16.3 Å². The highest BCUT2D eigenvalue weighted by Gasteiger charge is 2.17. The predicted octanol–water partition coefficient (Wildman–Crippen LogP) is 2.51. The zero-order valence-electron chi connectivity index (χ0n) is 8.92. The second kappa shape index (κ2) is 4.58. The summed E-state index contributed by atoms with van der Waals surface area (Å²) < 4.78 is 5.08. The lowest BCUT2D eigenvalue weighted by Crippen LogP contribution is -2.25. The molecule has 0 atom stereocenters. The number of halogens is 1. The molecule has 0 radical (unpaired) electrons. The second-order valence-electron chi connectivity index (χ2n) is 3.57. The molecule has 4 heteroatoms. The number of rotatable bonds is 2. The molecule has 0 unspecified atom stereocenters. The lowest BCUT2D eigenvalue weighted by molar-refractivity contribution is -0.120. The summed E-state index contributed by atoms with van der Waals surface area (Å²) in [5.41, 5.74) is 2.00. The lowest BCUT2D eigenvalue weighted by Gasteiger charge is -2.17. The van der Waals surface area contributed by atoms with Gasteiger partial charge in [0.05, 0.1) is 7.11 Å². The van der Waals surface area contributed by atoms with Crippen LogP contribution in [0.15, 0.2) is 29.4 Å². The second-order valence-corrected chi connectivity index (χ2v) is 3.95. The summed E-state index contributed by atoms with van der Waals surface area (Å²) in [6.07, 6.45) is 1.16. The standard InChI is InChI=1S/C12H12ClNO2/c1-16-9-4-2-8(3-5-9)10-6-7-11(15)14-12(10)13/h2-5H,6-7H2,1H3,(H,14,15). The van der Waals surface area contributed by atoms with Crippen molar-refractivity contribution in [2.75, 3.05) is 7.11 Å². The molecular formula is C12H12ClNO2. The summed E-state index contributed by atoms with van der Waals surface area (Å²) in [7, 11) is 1.63. The van der Waals surface area contributed by atoms with Gasteiger partial charge in [-0.05, 0) is 29.7 Å². The van der Waals surface area contributed by atoms with Gasteiger partial charge in [-0.3, -0.25) is 4.79 Å². The van der Waals surface area contributed by atoms with Crippen molar-refractivity contribution in [1.82, 2.24) is 5.32 Å². The van der Waals surface area contributed by atoms with Crippen LogP contribution in [0.4, 0.5) is 0 Å². The van der Waals surface area contributed by atoms with Gasteiger partial charge in [0.25, 0.3) is 0 Å². The van der Waals surface area contributed by atoms with Gasteiger partial charge in [0, 0.05) is 6.42 Å². The first-order chi connectivity index (χ1) is 7.70. The van der Waals surface area contributed by atoms with Crippen molar-refractivity contribution in [3.63, 3.8) is 0 Å². The zero-order valence-corrected chi connectivity index (χ0v) is 9.67. The van der Waals surface area contributed by atoms with Gasteiger partial charge >= 0.3 is 0 Å². The maximum absolute atomic E-state index is 11.1. The number of amides is 1. The Balaban J connectivity index is 2.29. The first-order valence-electron chi connectivity index (χ1n) is 5.03. The Labute approximate surface area is 99.1 Å². The average molecular weight is 238 g/mol. The van der Waals surface area contributed by atoms with Crippen molar-refractivity contribution in [1.29, 1.82) is 0 Å². The van der Waals surface area contributed by atoms with Crippen LogP contribution in [0.2, 0.25) is 0 Å². The van der Waals surface area contributed by atoms with E-state index in [1.54, 1.807) is 7.11 Å². The molecule has 3 nitrogen and oxygen atoms in total. The molecule has 2 rings (SSSR count). The minimum Gasteiger partial charge on any atom is -0.497 e. The van der Waals surface area contributed by atoms with Gasteiger partial charge in [0.2, 0.25) is 5.91 Å². The number of carbonyl (C=O) groups excluding carboxylic acids is 1. The van der Waals surface area contributed by atoms with E-state index in [9.17, 15) is 4.79 Å². The Morgan fingerprint density at radius 1 is 1.25 bits per heavy atom. The topological polar surface area (TPSA) is 38.3 Å². The van der Waals surface area contributed by atoms with Crippen molar-refractivity contribution < 1.29 is 9.53 Å². The molecule has 0 fully saturated rings. The molecular weight excluding hydrogens is 226 g/mol. The van der Waals surface area contributed by atoms with Gasteiger partial charge < -0.3 is 10.1 Å². The number of ether oxygens (including phenoxy) is 1. The van der Waals surface area contributed by atoms with Crippen LogP contribution in [0.5, 0.6) is 5.75 Å². The van der Waals surface area contributed by atoms with Crippen LogP contribution in [0.1, 0.15) is 18.4 Å². The molecule has 1 heterocycles. The maximum Gasteiger partial charge on any atom is 0.225 e. The number of hydrogen-bond donors (Lipinski definition) is 1. The highest BCUT2D eigenvalue weighted by Crippen LogP contribution is 2.29. The van der Waals surface area contributed by atoms with Gasteiger partial charge in [-0.1, -0.05) is 23.7 Å². The fourth-order valence-electron chi connectivity index (χ4n) is 1.67. The summed E-state index contributed by atoms with van der Waals surface area (Å²) in [6.45, 7) is 0. The van der Waals surface area contributed by atoms with Gasteiger partial charge in [0.15, 0.2) is 0 Å². The smallest absolute Gasteiger partial charge is 0.225 e. The van der Waals surface area contributed by atoms with Crippen molar-refractivity contribution in [3.8, 4) is 5.75 Å². The molecule has 1 aliphatic heterocycles. The minimum atomic E-state index is -0.0257. The number of benzene rings is 1. The summed E-state index contributed by atoms with van der Waals surface area (Å²) in [6, 6.07) is 7.63. The fraction of sp³-hybridized carbons (Fsp3) is 0.250. The summed E-state index contributed by atoms with van der Waals surface area (Å²) in [4.78, 5) is 11.1. The van der Waals surface area contributed by atoms with Crippen molar-refractivity contribution in [2.24, 2.45) is 0 Å². The number of carbonyl (C=O) groups is 1. The van der Waals surface area contributed by atoms with Crippen LogP contribution in [0.25, 0.3) is 5.57 Å². The SMILES string of the molecule is COc1ccc(C2=C(Cl)NC(=O)CC2)cc1. The predicted molar refractivity (Wildman–Crippen MR) is 63.1 cm³/mol. The van der Waals surface area contributed by atoms with Crippen LogP contribution in [-0.4, -0.2) is 13.0 Å². The van der Waals surface area contributed by atoms with Crippen molar-refractivity contribution in [2.45, 2.75) is 12.8 Å². The Bertz CT molecular complexity index is 437. The highest BCUT2D eigenvalue weighted by atomic mass is 35.5. The number of hydrogen-bond acceptors (Lipinski definition) is 2. The van der Waals surface area contributed by atoms with E-state index >= 15 is 0 Å². The van der Waals surface area contributed by atoms with Crippen LogP contribution >= 0.6 is 11.6 Å². The van der Waals surface area contributed by atoms with E-state index in [0.717, 1.165) is 16.9 Å². The molecule has 0 saturated carbocycles. The first-order valence-corrected chi connectivity index (χ1v) is 5.41. The zero-order chi connectivity index (χ0) is 11.5. The Hall–Kier alpha value is -1.48. The third-order valence-electron chi connectivity index (χ3n) is 2.55. The third-order valence-corrected chi connectivity index (χ3v) is 2.88.